The van der Waals surface area contributed by atoms with Crippen molar-refractivity contribution in [3.8, 4) is 5.75 Å². The Hall–Kier alpha value is -2.98. The Morgan fingerprint density at radius 1 is 0.968 bits per heavy atom. The molecule has 162 valence electrons. The number of aryl methyl sites for hydroxylation is 1. The topological polar surface area (TPSA) is 41.6 Å². The van der Waals surface area contributed by atoms with Crippen molar-refractivity contribution in [2.75, 3.05) is 11.9 Å². The van der Waals surface area contributed by atoms with Crippen molar-refractivity contribution in [3.05, 3.63) is 94.5 Å². The molecule has 5 heteroatoms. The molecule has 31 heavy (non-hydrogen) atoms. The van der Waals surface area contributed by atoms with E-state index in [0.29, 0.717) is 18.1 Å². The maximum absolute atomic E-state index is 13.2. The molecule has 0 spiro atoms. The van der Waals surface area contributed by atoms with E-state index in [-0.39, 0.29) is 6.03 Å². The van der Waals surface area contributed by atoms with Crippen molar-refractivity contribution in [1.82, 2.24) is 4.90 Å². The lowest BCUT2D eigenvalue weighted by atomic mass is 10.1. The normalized spacial score (nSPS) is 10.5. The molecule has 3 aromatic carbocycles. The van der Waals surface area contributed by atoms with Gasteiger partial charge in [-0.25, -0.2) is 4.79 Å². The fourth-order valence-corrected chi connectivity index (χ4v) is 3.44. The highest BCUT2D eigenvalue weighted by Crippen LogP contribution is 2.21. The van der Waals surface area contributed by atoms with E-state index in [4.69, 9.17) is 16.3 Å². The Bertz CT molecular complexity index is 974. The summed E-state index contributed by atoms with van der Waals surface area (Å²) in [6, 6.07) is 23.3. The maximum Gasteiger partial charge on any atom is 0.322 e. The van der Waals surface area contributed by atoms with E-state index in [2.05, 4.69) is 12.2 Å². The van der Waals surface area contributed by atoms with E-state index < -0.39 is 0 Å². The van der Waals surface area contributed by atoms with Gasteiger partial charge in [-0.15, -0.1) is 0 Å². The lowest BCUT2D eigenvalue weighted by Crippen LogP contribution is -2.34. The Kier molecular flexibility index (Phi) is 8.36. The van der Waals surface area contributed by atoms with Gasteiger partial charge in [0.15, 0.2) is 0 Å². The van der Waals surface area contributed by atoms with Gasteiger partial charge in [0.1, 0.15) is 5.75 Å². The Labute approximate surface area is 189 Å². The molecule has 0 saturated heterocycles. The molecule has 0 aliphatic rings. The molecule has 0 unspecified atom stereocenters. The summed E-state index contributed by atoms with van der Waals surface area (Å²) in [7, 11) is 0. The van der Waals surface area contributed by atoms with E-state index in [1.54, 1.807) is 11.0 Å². The number of benzene rings is 3. The molecule has 3 aromatic rings. The van der Waals surface area contributed by atoms with Crippen LogP contribution in [0.25, 0.3) is 0 Å². The van der Waals surface area contributed by atoms with Crippen molar-refractivity contribution in [2.45, 2.75) is 39.8 Å². The van der Waals surface area contributed by atoms with E-state index in [9.17, 15) is 4.79 Å². The minimum Gasteiger partial charge on any atom is -0.494 e. The van der Waals surface area contributed by atoms with E-state index in [1.807, 2.05) is 73.7 Å². The predicted molar refractivity (Wildman–Crippen MR) is 128 cm³/mol. The minimum atomic E-state index is -0.155. The molecule has 3 rings (SSSR count). The maximum atomic E-state index is 13.2. The number of rotatable bonds is 9. The van der Waals surface area contributed by atoms with Gasteiger partial charge in [0.05, 0.1) is 6.61 Å². The molecule has 0 bridgehead atoms. The Morgan fingerprint density at radius 3 is 2.29 bits per heavy atom. The van der Waals surface area contributed by atoms with Crippen molar-refractivity contribution in [1.29, 1.82) is 0 Å². The summed E-state index contributed by atoms with van der Waals surface area (Å²) in [5.74, 6) is 0.855. The summed E-state index contributed by atoms with van der Waals surface area (Å²) in [6.45, 7) is 5.79. The molecule has 0 aliphatic heterocycles. The van der Waals surface area contributed by atoms with Crippen LogP contribution in [0.4, 0.5) is 10.5 Å². The van der Waals surface area contributed by atoms with Crippen LogP contribution in [-0.2, 0) is 13.1 Å². The molecule has 0 saturated carbocycles. The standard InChI is InChI=1S/C26H29ClN2O2/c1-3-4-16-31-24-13-10-22(11-14-24)19-29(18-21-8-6-5-7-9-21)26(30)28-25-15-12-23(27)17-20(25)2/h5-15,17H,3-4,16,18-19H2,1-2H3,(H,28,30). The first-order chi connectivity index (χ1) is 15.0. The second-order valence-corrected chi connectivity index (χ2v) is 8.01. The minimum absolute atomic E-state index is 0.155. The summed E-state index contributed by atoms with van der Waals surface area (Å²) in [5, 5.41) is 3.68. The van der Waals surface area contributed by atoms with Gasteiger partial charge in [-0.05, 0) is 60.4 Å². The van der Waals surface area contributed by atoms with E-state index in [1.165, 1.54) is 0 Å². The van der Waals surface area contributed by atoms with Gasteiger partial charge in [-0.3, -0.25) is 0 Å². The number of amides is 2. The van der Waals surface area contributed by atoms with Crippen LogP contribution >= 0.6 is 11.6 Å². The number of carbonyl (C=O) groups excluding carboxylic acids is 1. The number of anilines is 1. The number of urea groups is 1. The third kappa shape index (κ3) is 7.04. The van der Waals surface area contributed by atoms with Crippen molar-refractivity contribution >= 4 is 23.3 Å². The highest BCUT2D eigenvalue weighted by Gasteiger charge is 2.16. The first-order valence-corrected chi connectivity index (χ1v) is 11.0. The first-order valence-electron chi connectivity index (χ1n) is 10.6. The predicted octanol–water partition coefficient (Wildman–Crippen LogP) is 7.06. The molecular formula is C26H29ClN2O2. The second kappa shape index (κ2) is 11.4. The molecule has 0 atom stereocenters. The quantitative estimate of drug-likeness (QED) is 0.364. The fourth-order valence-electron chi connectivity index (χ4n) is 3.21. The van der Waals surface area contributed by atoms with Gasteiger partial charge in [-0.1, -0.05) is 67.4 Å². The van der Waals surface area contributed by atoms with Gasteiger partial charge in [-0.2, -0.15) is 0 Å². The highest BCUT2D eigenvalue weighted by atomic mass is 35.5. The number of unbranched alkanes of at least 4 members (excludes halogenated alkanes) is 1. The number of halogens is 1. The summed E-state index contributed by atoms with van der Waals surface area (Å²) in [5.41, 5.74) is 3.80. The summed E-state index contributed by atoms with van der Waals surface area (Å²) < 4.78 is 5.75. The van der Waals surface area contributed by atoms with E-state index in [0.717, 1.165) is 47.6 Å². The van der Waals surface area contributed by atoms with Gasteiger partial charge < -0.3 is 15.0 Å². The summed E-state index contributed by atoms with van der Waals surface area (Å²) in [4.78, 5) is 15.0. The lowest BCUT2D eigenvalue weighted by molar-refractivity contribution is 0.206. The van der Waals surface area contributed by atoms with Gasteiger partial charge in [0, 0.05) is 23.8 Å². The molecule has 0 aliphatic carbocycles. The average molecular weight is 437 g/mol. The first kappa shape index (κ1) is 22.7. The zero-order valence-electron chi connectivity index (χ0n) is 18.1. The number of hydrogen-bond donors (Lipinski definition) is 1. The van der Waals surface area contributed by atoms with Gasteiger partial charge in [0.2, 0.25) is 0 Å². The SMILES string of the molecule is CCCCOc1ccc(CN(Cc2ccccc2)C(=O)Nc2ccc(Cl)cc2C)cc1. The smallest absolute Gasteiger partial charge is 0.322 e. The highest BCUT2D eigenvalue weighted by molar-refractivity contribution is 6.30. The molecular weight excluding hydrogens is 408 g/mol. The van der Waals surface area contributed by atoms with Gasteiger partial charge in [0.25, 0.3) is 0 Å². The molecule has 0 heterocycles. The molecule has 1 N–H and O–H groups in total. The molecule has 0 aromatic heterocycles. The average Bonchev–Trinajstić information content (AvgIpc) is 2.77. The third-order valence-electron chi connectivity index (χ3n) is 5.00. The number of ether oxygens (including phenoxy) is 1. The Balaban J connectivity index is 1.73. The van der Waals surface area contributed by atoms with E-state index >= 15 is 0 Å². The lowest BCUT2D eigenvalue weighted by Gasteiger charge is -2.24. The molecule has 4 nitrogen and oxygen atoms in total. The monoisotopic (exact) mass is 436 g/mol. The van der Waals surface area contributed by atoms with Crippen molar-refractivity contribution in [2.24, 2.45) is 0 Å². The second-order valence-electron chi connectivity index (χ2n) is 7.58. The summed E-state index contributed by atoms with van der Waals surface area (Å²) >= 11 is 6.05. The van der Waals surface area contributed by atoms with Crippen LogP contribution in [-0.4, -0.2) is 17.5 Å². The zero-order chi connectivity index (χ0) is 22.1. The molecule has 2 amide bonds. The Morgan fingerprint density at radius 2 is 1.65 bits per heavy atom. The van der Waals surface area contributed by atoms with Crippen LogP contribution in [0.1, 0.15) is 36.5 Å². The van der Waals surface area contributed by atoms with Crippen LogP contribution in [0, 0.1) is 6.92 Å². The number of hydrogen-bond acceptors (Lipinski definition) is 2. The molecule has 0 radical (unpaired) electrons. The largest absolute Gasteiger partial charge is 0.494 e. The fraction of sp³-hybridized carbons (Fsp3) is 0.269. The third-order valence-corrected chi connectivity index (χ3v) is 5.23. The van der Waals surface area contributed by atoms with Crippen LogP contribution in [0.5, 0.6) is 5.75 Å². The van der Waals surface area contributed by atoms with Crippen molar-refractivity contribution in [3.63, 3.8) is 0 Å². The number of carbonyl (C=O) groups is 1. The van der Waals surface area contributed by atoms with Crippen LogP contribution in [0.3, 0.4) is 0 Å². The van der Waals surface area contributed by atoms with Crippen LogP contribution in [0.15, 0.2) is 72.8 Å². The molecule has 0 fully saturated rings. The zero-order valence-corrected chi connectivity index (χ0v) is 18.9. The van der Waals surface area contributed by atoms with Crippen LogP contribution in [0.2, 0.25) is 5.02 Å². The summed E-state index contributed by atoms with van der Waals surface area (Å²) in [6.07, 6.45) is 2.14. The number of nitrogens with one attached hydrogen (secondary N) is 1. The van der Waals surface area contributed by atoms with Gasteiger partial charge >= 0.3 is 6.03 Å². The van der Waals surface area contributed by atoms with Crippen LogP contribution < -0.4 is 10.1 Å². The number of nitrogens with zero attached hydrogens (tertiary/aromatic N) is 1. The van der Waals surface area contributed by atoms with Crippen molar-refractivity contribution < 1.29 is 9.53 Å².